The maximum Gasteiger partial charge on any atom is 0.407 e. The highest BCUT2D eigenvalue weighted by molar-refractivity contribution is 6.90. The molecule has 6 atom stereocenters. The molecule has 2 aromatic heterocycles. The van der Waals surface area contributed by atoms with E-state index >= 15 is 8.78 Å². The second-order valence-electron chi connectivity index (χ2n) is 18.7. The molecule has 1 N–H and O–H groups in total. The van der Waals surface area contributed by atoms with Crippen molar-refractivity contribution >= 4 is 41.7 Å². The molecule has 5 aliphatic rings. The van der Waals surface area contributed by atoms with E-state index in [4.69, 9.17) is 24.4 Å². The summed E-state index contributed by atoms with van der Waals surface area (Å²) in [5.41, 5.74) is 5.27. The Bertz CT molecular complexity index is 2490. The van der Waals surface area contributed by atoms with Gasteiger partial charge in [0.25, 0.3) is 0 Å². The number of anilines is 1. The molecule has 60 heavy (non-hydrogen) atoms. The molecule has 7 heterocycles. The minimum absolute atomic E-state index is 0.0662. The third kappa shape index (κ3) is 6.16. The molecule has 2 bridgehead atoms. The van der Waals surface area contributed by atoms with Crippen molar-refractivity contribution in [3.63, 3.8) is 0 Å². The van der Waals surface area contributed by atoms with Gasteiger partial charge in [0.05, 0.1) is 29.2 Å². The average molecular weight is 839 g/mol. The normalized spacial score (nSPS) is 26.1. The number of nitrogens with zero attached hydrogens (tertiary/aromatic N) is 6. The van der Waals surface area contributed by atoms with E-state index in [1.165, 1.54) is 11.0 Å². The van der Waals surface area contributed by atoms with Crippen molar-refractivity contribution in [2.45, 2.75) is 127 Å². The molecule has 0 saturated carbocycles. The number of piperazine rings is 1. The predicted octanol–water partition coefficient (Wildman–Crippen LogP) is 9.29. The number of amides is 1. The summed E-state index contributed by atoms with van der Waals surface area (Å²) in [6.07, 6.45) is -0.499. The lowest BCUT2D eigenvalue weighted by atomic mass is 9.93. The summed E-state index contributed by atoms with van der Waals surface area (Å²) >= 11 is 0. The number of ether oxygens (including phenoxy) is 2. The first-order chi connectivity index (χ1) is 28.5. The first kappa shape index (κ1) is 40.5. The number of benzene rings is 2. The lowest BCUT2D eigenvalue weighted by Crippen LogP contribution is -2.64. The molecule has 316 valence electrons. The van der Waals surface area contributed by atoms with Crippen LogP contribution in [0.15, 0.2) is 42.5 Å². The third-order valence-electron chi connectivity index (χ3n) is 14.4. The van der Waals surface area contributed by atoms with Gasteiger partial charge in [-0.15, -0.1) is 5.54 Å². The van der Waals surface area contributed by atoms with E-state index in [1.54, 1.807) is 18.2 Å². The first-order valence-corrected chi connectivity index (χ1v) is 23.6. The second kappa shape index (κ2) is 14.6. The molecular formula is C46H53F3N6O4Si. The number of fused-ring (bicyclic) bond motifs is 7. The number of pyridine rings is 1. The van der Waals surface area contributed by atoms with Crippen molar-refractivity contribution in [3.05, 3.63) is 59.7 Å². The van der Waals surface area contributed by atoms with Crippen LogP contribution < -0.4 is 14.4 Å². The van der Waals surface area contributed by atoms with Gasteiger partial charge < -0.3 is 19.5 Å². The number of aromatic nitrogens is 3. The summed E-state index contributed by atoms with van der Waals surface area (Å²) in [6, 6.07) is 7.13. The van der Waals surface area contributed by atoms with Gasteiger partial charge in [0.2, 0.25) is 5.88 Å². The highest BCUT2D eigenvalue weighted by atomic mass is 28.3. The Hall–Kier alpha value is -4.87. The fourth-order valence-corrected chi connectivity index (χ4v) is 17.1. The molecule has 1 amide bonds. The predicted molar refractivity (Wildman–Crippen MR) is 229 cm³/mol. The van der Waals surface area contributed by atoms with Crippen molar-refractivity contribution < 1.29 is 32.5 Å². The Morgan fingerprint density at radius 3 is 2.52 bits per heavy atom. The van der Waals surface area contributed by atoms with E-state index in [9.17, 15) is 14.3 Å². The molecule has 4 fully saturated rings. The van der Waals surface area contributed by atoms with Gasteiger partial charge in [-0.3, -0.25) is 9.80 Å². The van der Waals surface area contributed by atoms with Crippen LogP contribution in [0.3, 0.4) is 0 Å². The number of alkyl halides is 1. The van der Waals surface area contributed by atoms with Crippen LogP contribution in [0.25, 0.3) is 32.9 Å². The zero-order valence-corrected chi connectivity index (χ0v) is 36.4. The van der Waals surface area contributed by atoms with Gasteiger partial charge in [0, 0.05) is 37.0 Å². The number of carboxylic acid groups (broad SMARTS) is 1. The second-order valence-corrected chi connectivity index (χ2v) is 24.3. The zero-order chi connectivity index (χ0) is 42.6. The fraction of sp³-hybridized carbons (Fsp3) is 0.522. The molecular weight excluding hydrogens is 786 g/mol. The maximum atomic E-state index is 17.8. The Balaban J connectivity index is 1.25. The van der Waals surface area contributed by atoms with Crippen molar-refractivity contribution in [2.24, 2.45) is 0 Å². The van der Waals surface area contributed by atoms with Gasteiger partial charge in [-0.05, 0) is 54.3 Å². The molecule has 10 nitrogen and oxygen atoms in total. The zero-order valence-electron chi connectivity index (χ0n) is 35.4. The summed E-state index contributed by atoms with van der Waals surface area (Å²) in [7, 11) is -2.31. The van der Waals surface area contributed by atoms with Gasteiger partial charge in [-0.2, -0.15) is 9.97 Å². The summed E-state index contributed by atoms with van der Waals surface area (Å²) in [6.45, 7) is 20.5. The van der Waals surface area contributed by atoms with E-state index < -0.39 is 55.7 Å². The van der Waals surface area contributed by atoms with Crippen LogP contribution >= 0.6 is 0 Å². The summed E-state index contributed by atoms with van der Waals surface area (Å²) in [5, 5.41) is 11.6. The van der Waals surface area contributed by atoms with E-state index in [0.29, 0.717) is 71.1 Å². The molecule has 5 aliphatic heterocycles. The highest BCUT2D eigenvalue weighted by Gasteiger charge is 2.54. The van der Waals surface area contributed by atoms with E-state index in [-0.39, 0.29) is 59.7 Å². The van der Waals surface area contributed by atoms with Crippen molar-refractivity contribution in [3.8, 4) is 34.6 Å². The van der Waals surface area contributed by atoms with Gasteiger partial charge in [-0.25, -0.2) is 22.9 Å². The third-order valence-corrected chi connectivity index (χ3v) is 20.7. The highest BCUT2D eigenvalue weighted by Crippen LogP contribution is 2.48. The Morgan fingerprint density at radius 1 is 1.05 bits per heavy atom. The smallest absolute Gasteiger partial charge is 0.407 e. The van der Waals surface area contributed by atoms with Crippen LogP contribution in [-0.2, 0) is 0 Å². The van der Waals surface area contributed by atoms with Crippen LogP contribution in [0.5, 0.6) is 11.9 Å². The number of hydrogen-bond donors (Lipinski definition) is 1. The standard InChI is InChI=1S/C46H53F3N6O4Si/c1-24(2)60(25(3)4,26(5)6)17-16-32-34(48)14-12-29-10-9-11-33(36(29)32)39-38(49)40-37-42(52-44(51-40)58-23-46-18-27(7)20-53(46)21-30(47)19-46)54-22-31-13-15-35(55(31)45(56)57)41(54)28(8)59-43(37)50-39/h9-12,14,24-26,28,30-31,35,41H,7,13,15,18-23H2,1-6,8H3,(H,56,57). The summed E-state index contributed by atoms with van der Waals surface area (Å²) < 4.78 is 62.0. The lowest BCUT2D eigenvalue weighted by Gasteiger charge is -2.47. The average Bonchev–Trinajstić information content (AvgIpc) is 3.75. The molecule has 0 radical (unpaired) electrons. The van der Waals surface area contributed by atoms with Gasteiger partial charge >= 0.3 is 12.1 Å². The van der Waals surface area contributed by atoms with Crippen molar-refractivity contribution in [2.75, 3.05) is 31.1 Å². The van der Waals surface area contributed by atoms with Crippen LogP contribution in [-0.4, -0.2) is 106 Å². The quantitative estimate of drug-likeness (QED) is 0.111. The molecule has 2 aromatic carbocycles. The van der Waals surface area contributed by atoms with E-state index in [0.717, 1.165) is 5.57 Å². The number of carbonyl (C=O) groups is 1. The van der Waals surface area contributed by atoms with Crippen molar-refractivity contribution in [1.82, 2.24) is 24.8 Å². The Labute approximate surface area is 350 Å². The van der Waals surface area contributed by atoms with Gasteiger partial charge in [0.15, 0.2) is 5.82 Å². The molecule has 4 aromatic rings. The molecule has 9 rings (SSSR count). The largest absolute Gasteiger partial charge is 0.472 e. The minimum atomic E-state index is -2.31. The Morgan fingerprint density at radius 2 is 1.80 bits per heavy atom. The van der Waals surface area contributed by atoms with Gasteiger partial charge in [0.1, 0.15) is 55.2 Å². The monoisotopic (exact) mass is 838 g/mol. The van der Waals surface area contributed by atoms with Crippen LogP contribution in [0.1, 0.15) is 79.7 Å². The van der Waals surface area contributed by atoms with Crippen LogP contribution in [0.4, 0.5) is 23.8 Å². The minimum Gasteiger partial charge on any atom is -0.472 e. The maximum absolute atomic E-state index is 17.8. The van der Waals surface area contributed by atoms with E-state index in [2.05, 4.69) is 64.5 Å². The molecule has 0 aliphatic carbocycles. The van der Waals surface area contributed by atoms with Gasteiger partial charge in [-0.1, -0.05) is 83.9 Å². The molecule has 14 heteroatoms. The fourth-order valence-electron chi connectivity index (χ4n) is 11.9. The molecule has 6 unspecified atom stereocenters. The Kier molecular flexibility index (Phi) is 9.89. The topological polar surface area (TPSA) is 104 Å². The van der Waals surface area contributed by atoms with Crippen LogP contribution in [0.2, 0.25) is 16.6 Å². The summed E-state index contributed by atoms with van der Waals surface area (Å²) in [4.78, 5) is 32.8. The SMILES string of the molecule is C=C1CN2CC(F)CC2(COc2nc3c4c(nc(-c5cccc6ccc(F)c(C#C[Si](C(C)C)(C(C)C)C(C)C)c56)c(F)c4n2)OC(C)C2C4CCC(CN32)N4C(=O)O)C1. The van der Waals surface area contributed by atoms with E-state index in [1.807, 2.05) is 17.9 Å². The first-order valence-electron chi connectivity index (χ1n) is 21.3. The molecule has 0 spiro atoms. The number of halogens is 3. The van der Waals surface area contributed by atoms with Crippen LogP contribution in [0, 0.1) is 23.1 Å². The summed E-state index contributed by atoms with van der Waals surface area (Å²) in [5.74, 6) is 2.47. The molecule has 4 saturated heterocycles. The lowest BCUT2D eigenvalue weighted by molar-refractivity contribution is 0.0706. The van der Waals surface area contributed by atoms with Crippen molar-refractivity contribution in [1.29, 1.82) is 0 Å². The number of rotatable bonds is 7. The number of hydrogen-bond acceptors (Lipinski definition) is 8.